The third kappa shape index (κ3) is 2.08. The van der Waals surface area contributed by atoms with Gasteiger partial charge in [0.2, 0.25) is 0 Å². The number of hydrogen-bond acceptors (Lipinski definition) is 1. The summed E-state index contributed by atoms with van der Waals surface area (Å²) in [5.74, 6) is -0.0844. The Labute approximate surface area is 162 Å². The molecule has 0 spiro atoms. The lowest BCUT2D eigenvalue weighted by molar-refractivity contribution is 0.335. The van der Waals surface area contributed by atoms with Gasteiger partial charge in [-0.3, -0.25) is 4.98 Å². The normalized spacial score (nSPS) is 30.7. The van der Waals surface area contributed by atoms with Crippen molar-refractivity contribution in [3.63, 3.8) is 0 Å². The van der Waals surface area contributed by atoms with Crippen LogP contribution < -0.4 is 10.4 Å². The maximum absolute atomic E-state index is 16.0. The molecule has 0 aromatic carbocycles. The first-order valence-corrected chi connectivity index (χ1v) is 10.3. The third-order valence-corrected chi connectivity index (χ3v) is 7.67. The maximum atomic E-state index is 16.0. The van der Waals surface area contributed by atoms with Gasteiger partial charge in [-0.15, -0.1) is 0 Å². The SMILES string of the molecule is CCC1=C(C)C(C)C(F)=C2C(C)(C)C3=c4c(nccc4=CCC3(C)C)C12C. The van der Waals surface area contributed by atoms with Crippen molar-refractivity contribution in [2.24, 2.45) is 16.7 Å². The molecule has 2 unspecified atom stereocenters. The molecule has 144 valence electrons. The van der Waals surface area contributed by atoms with Crippen molar-refractivity contribution >= 4 is 11.6 Å². The fraction of sp³-hybridized carbons (Fsp3) is 0.560. The van der Waals surface area contributed by atoms with Crippen molar-refractivity contribution in [2.45, 2.75) is 73.6 Å². The lowest BCUT2D eigenvalue weighted by Gasteiger charge is -2.54. The molecule has 0 fully saturated rings. The van der Waals surface area contributed by atoms with Gasteiger partial charge in [0.25, 0.3) is 0 Å². The van der Waals surface area contributed by atoms with E-state index in [2.05, 4.69) is 60.6 Å². The molecule has 3 aliphatic rings. The summed E-state index contributed by atoms with van der Waals surface area (Å²) in [6.45, 7) is 17.6. The van der Waals surface area contributed by atoms with E-state index >= 15 is 4.39 Å². The average Bonchev–Trinajstić information content (AvgIpc) is 2.57. The number of aromatic nitrogens is 1. The minimum Gasteiger partial charge on any atom is -0.259 e. The summed E-state index contributed by atoms with van der Waals surface area (Å²) >= 11 is 0. The van der Waals surface area contributed by atoms with Crippen LogP contribution in [0.1, 0.15) is 73.9 Å². The van der Waals surface area contributed by atoms with E-state index in [1.165, 1.54) is 27.2 Å². The number of allylic oxidation sites excluding steroid dienone is 4. The third-order valence-electron chi connectivity index (χ3n) is 7.67. The molecule has 1 aromatic heterocycles. The molecule has 0 aliphatic heterocycles. The van der Waals surface area contributed by atoms with E-state index in [0.717, 1.165) is 24.1 Å². The first-order valence-electron chi connectivity index (χ1n) is 10.3. The molecule has 1 aromatic rings. The number of pyridine rings is 1. The van der Waals surface area contributed by atoms with Gasteiger partial charge in [0.15, 0.2) is 0 Å². The summed E-state index contributed by atoms with van der Waals surface area (Å²) in [4.78, 5) is 4.92. The van der Waals surface area contributed by atoms with Crippen LogP contribution in [0.2, 0.25) is 0 Å². The van der Waals surface area contributed by atoms with Crippen molar-refractivity contribution < 1.29 is 4.39 Å². The van der Waals surface area contributed by atoms with Gasteiger partial charge >= 0.3 is 0 Å². The van der Waals surface area contributed by atoms with Crippen molar-refractivity contribution in [2.75, 3.05) is 0 Å². The molecule has 0 saturated heterocycles. The molecule has 0 radical (unpaired) electrons. The molecule has 0 saturated carbocycles. The van der Waals surface area contributed by atoms with E-state index in [1.807, 2.05) is 13.1 Å². The maximum Gasteiger partial charge on any atom is 0.108 e. The number of fused-ring (bicyclic) bond motifs is 2. The predicted molar refractivity (Wildman–Crippen MR) is 111 cm³/mol. The minimum atomic E-state index is -0.463. The summed E-state index contributed by atoms with van der Waals surface area (Å²) in [5, 5.41) is 2.56. The molecule has 0 N–H and O–H groups in total. The number of rotatable bonds is 1. The van der Waals surface area contributed by atoms with Gasteiger partial charge in [-0.25, -0.2) is 4.39 Å². The predicted octanol–water partition coefficient (Wildman–Crippen LogP) is 5.34. The summed E-state index contributed by atoms with van der Waals surface area (Å²) in [6, 6.07) is 2.13. The van der Waals surface area contributed by atoms with Crippen molar-refractivity contribution in [3.05, 3.63) is 50.9 Å². The summed E-state index contributed by atoms with van der Waals surface area (Å²) < 4.78 is 16.0. The van der Waals surface area contributed by atoms with Crippen LogP contribution in [0.3, 0.4) is 0 Å². The van der Waals surface area contributed by atoms with Gasteiger partial charge in [-0.2, -0.15) is 0 Å². The van der Waals surface area contributed by atoms with Crippen LogP contribution in [0.25, 0.3) is 11.6 Å². The molecule has 1 nitrogen and oxygen atoms in total. The summed E-state index contributed by atoms with van der Waals surface area (Å²) in [5.41, 5.74) is 5.10. The van der Waals surface area contributed by atoms with Gasteiger partial charge < -0.3 is 0 Å². The molecule has 2 atom stereocenters. The topological polar surface area (TPSA) is 12.9 Å². The molecule has 3 aliphatic carbocycles. The van der Waals surface area contributed by atoms with Crippen molar-refractivity contribution in [1.29, 1.82) is 0 Å². The Morgan fingerprint density at radius 2 is 1.81 bits per heavy atom. The lowest BCUT2D eigenvalue weighted by atomic mass is 9.49. The van der Waals surface area contributed by atoms with Crippen molar-refractivity contribution in [1.82, 2.24) is 4.98 Å². The average molecular weight is 366 g/mol. The van der Waals surface area contributed by atoms with E-state index in [1.54, 1.807) is 0 Å². The first kappa shape index (κ1) is 18.7. The van der Waals surface area contributed by atoms with Gasteiger partial charge in [0, 0.05) is 22.7 Å². The van der Waals surface area contributed by atoms with Crippen LogP contribution in [-0.4, -0.2) is 4.98 Å². The highest BCUT2D eigenvalue weighted by Crippen LogP contribution is 2.61. The zero-order valence-corrected chi connectivity index (χ0v) is 18.0. The zero-order chi connectivity index (χ0) is 19.9. The highest BCUT2D eigenvalue weighted by Gasteiger charge is 2.55. The smallest absolute Gasteiger partial charge is 0.108 e. The van der Waals surface area contributed by atoms with Gasteiger partial charge in [-0.1, -0.05) is 58.8 Å². The molecule has 27 heavy (non-hydrogen) atoms. The highest BCUT2D eigenvalue weighted by atomic mass is 19.1. The molecule has 4 rings (SSSR count). The van der Waals surface area contributed by atoms with Gasteiger partial charge in [0.1, 0.15) is 5.83 Å². The Bertz CT molecular complexity index is 1030. The molecular formula is C25H32FN. The van der Waals surface area contributed by atoms with Crippen LogP contribution in [0.5, 0.6) is 0 Å². The first-order chi connectivity index (χ1) is 12.5. The van der Waals surface area contributed by atoms with E-state index in [4.69, 9.17) is 4.98 Å². The summed E-state index contributed by atoms with van der Waals surface area (Å²) in [7, 11) is 0. The largest absolute Gasteiger partial charge is 0.259 e. The lowest BCUT2D eigenvalue weighted by Crippen LogP contribution is -2.56. The monoisotopic (exact) mass is 365 g/mol. The van der Waals surface area contributed by atoms with Gasteiger partial charge in [-0.05, 0) is 54.5 Å². The van der Waals surface area contributed by atoms with E-state index in [-0.39, 0.29) is 22.6 Å². The fourth-order valence-corrected chi connectivity index (χ4v) is 6.65. The Hall–Kier alpha value is -1.70. The molecule has 2 heteroatoms. The van der Waals surface area contributed by atoms with E-state index in [9.17, 15) is 0 Å². The summed E-state index contributed by atoms with van der Waals surface area (Å²) in [6.07, 6.45) is 6.18. The Kier molecular flexibility index (Phi) is 3.75. The molecule has 0 bridgehead atoms. The minimum absolute atomic E-state index is 0.00524. The molecular weight excluding hydrogens is 333 g/mol. The second-order valence-corrected chi connectivity index (χ2v) is 10.0. The Morgan fingerprint density at radius 3 is 2.44 bits per heavy atom. The number of nitrogens with zero attached hydrogens (tertiary/aromatic N) is 1. The quantitative estimate of drug-likeness (QED) is 0.612. The Balaban J connectivity index is 2.30. The van der Waals surface area contributed by atoms with E-state index < -0.39 is 5.41 Å². The van der Waals surface area contributed by atoms with Crippen molar-refractivity contribution in [3.8, 4) is 0 Å². The standard InChI is InChI=1S/C25H32FN/c1-9-17-14(2)15(3)19(26)21-24(6,7)20-18-16(10-12-23(20,4)5)11-13-27-22(18)25(17,21)8/h10-11,13,15H,9,12H2,1-8H3. The molecule has 1 heterocycles. The number of hydrogen-bond donors (Lipinski definition) is 0. The van der Waals surface area contributed by atoms with E-state index in [0.29, 0.717) is 0 Å². The van der Waals surface area contributed by atoms with Crippen LogP contribution >= 0.6 is 0 Å². The van der Waals surface area contributed by atoms with Crippen LogP contribution in [0.15, 0.2) is 34.8 Å². The Morgan fingerprint density at radius 1 is 1.15 bits per heavy atom. The van der Waals surface area contributed by atoms with Crippen LogP contribution in [-0.2, 0) is 5.41 Å². The molecule has 0 amide bonds. The second kappa shape index (κ2) is 5.43. The highest BCUT2D eigenvalue weighted by molar-refractivity contribution is 5.74. The second-order valence-electron chi connectivity index (χ2n) is 10.0. The van der Waals surface area contributed by atoms with Gasteiger partial charge in [0.05, 0.1) is 11.1 Å². The van der Waals surface area contributed by atoms with Crippen LogP contribution in [0.4, 0.5) is 4.39 Å². The van der Waals surface area contributed by atoms with Crippen LogP contribution in [0, 0.1) is 16.7 Å². The fourth-order valence-electron chi connectivity index (χ4n) is 6.65. The zero-order valence-electron chi connectivity index (χ0n) is 18.0. The number of halogens is 1.